The van der Waals surface area contributed by atoms with E-state index in [1.807, 2.05) is 72.1 Å². The molecule has 1 N–H and O–H groups in total. The van der Waals surface area contributed by atoms with E-state index in [0.717, 1.165) is 34.4 Å². The maximum atomic E-state index is 13.8. The van der Waals surface area contributed by atoms with Crippen molar-refractivity contribution in [2.45, 2.75) is 19.0 Å². The molecule has 1 fully saturated rings. The third-order valence-electron chi connectivity index (χ3n) is 7.40. The number of methoxy groups -OCH3 is 2. The van der Waals surface area contributed by atoms with Gasteiger partial charge in [-0.25, -0.2) is 0 Å². The lowest BCUT2D eigenvalue weighted by molar-refractivity contribution is 0.0772. The fraction of sp³-hybridized carbons (Fsp3) is 0.290. The zero-order chi connectivity index (χ0) is 27.5. The minimum absolute atomic E-state index is 0.0494. The van der Waals surface area contributed by atoms with Gasteiger partial charge in [-0.2, -0.15) is 0 Å². The van der Waals surface area contributed by atoms with E-state index in [1.54, 1.807) is 38.5 Å². The molecule has 1 saturated heterocycles. The number of hydrogen-bond donors (Lipinski definition) is 1. The van der Waals surface area contributed by atoms with Crippen LogP contribution in [0.25, 0.3) is 10.9 Å². The van der Waals surface area contributed by atoms with Crippen molar-refractivity contribution in [3.63, 3.8) is 0 Å². The molecule has 0 saturated carbocycles. The van der Waals surface area contributed by atoms with E-state index >= 15 is 0 Å². The zero-order valence-corrected chi connectivity index (χ0v) is 22.8. The first-order valence-corrected chi connectivity index (χ1v) is 13.0. The van der Waals surface area contributed by atoms with Gasteiger partial charge in [0.1, 0.15) is 17.2 Å². The third-order valence-corrected chi connectivity index (χ3v) is 7.40. The summed E-state index contributed by atoms with van der Waals surface area (Å²) in [5.74, 6) is 1.34. The lowest BCUT2D eigenvalue weighted by Crippen LogP contribution is -2.35. The molecule has 1 aliphatic rings. The van der Waals surface area contributed by atoms with Gasteiger partial charge in [-0.15, -0.1) is 0 Å². The van der Waals surface area contributed by atoms with Gasteiger partial charge in [-0.1, -0.05) is 6.07 Å². The fourth-order valence-electron chi connectivity index (χ4n) is 5.04. The van der Waals surface area contributed by atoms with E-state index in [1.165, 1.54) is 0 Å². The average molecular weight is 527 g/mol. The van der Waals surface area contributed by atoms with Gasteiger partial charge in [0.15, 0.2) is 5.78 Å². The molecule has 4 aromatic rings. The smallest absolute Gasteiger partial charge is 0.270 e. The molecule has 1 aliphatic heterocycles. The van der Waals surface area contributed by atoms with Gasteiger partial charge >= 0.3 is 0 Å². The second-order valence-corrected chi connectivity index (χ2v) is 10.1. The quantitative estimate of drug-likeness (QED) is 0.307. The normalized spacial score (nSPS) is 15.1. The number of anilines is 2. The lowest BCUT2D eigenvalue weighted by atomic mass is 10.1. The number of aromatic nitrogens is 1. The van der Waals surface area contributed by atoms with Crippen LogP contribution in [0.5, 0.6) is 11.5 Å². The van der Waals surface area contributed by atoms with E-state index in [9.17, 15) is 9.59 Å². The van der Waals surface area contributed by atoms with Gasteiger partial charge in [0.2, 0.25) is 0 Å². The number of rotatable bonds is 9. The molecule has 3 aromatic carbocycles. The monoisotopic (exact) mass is 526 g/mol. The number of amides is 1. The first-order chi connectivity index (χ1) is 18.9. The minimum Gasteiger partial charge on any atom is -0.497 e. The molecule has 0 radical (unpaired) electrons. The fourth-order valence-corrected chi connectivity index (χ4v) is 5.04. The molecule has 1 aromatic heterocycles. The Balaban J connectivity index is 1.50. The topological polar surface area (TPSA) is 76.0 Å². The largest absolute Gasteiger partial charge is 0.497 e. The highest BCUT2D eigenvalue weighted by Gasteiger charge is 2.30. The zero-order valence-electron chi connectivity index (χ0n) is 22.8. The molecule has 0 spiro atoms. The molecule has 1 amide bonds. The second kappa shape index (κ2) is 11.2. The molecule has 0 bridgehead atoms. The molecule has 2 heterocycles. The summed E-state index contributed by atoms with van der Waals surface area (Å²) in [4.78, 5) is 31.2. The van der Waals surface area contributed by atoms with Crippen molar-refractivity contribution in [3.05, 3.63) is 84.1 Å². The summed E-state index contributed by atoms with van der Waals surface area (Å²) in [7, 11) is 7.32. The third kappa shape index (κ3) is 5.61. The van der Waals surface area contributed by atoms with Crippen molar-refractivity contribution in [1.29, 1.82) is 0 Å². The van der Waals surface area contributed by atoms with Crippen molar-refractivity contribution in [2.75, 3.05) is 46.7 Å². The molecule has 39 heavy (non-hydrogen) atoms. The Morgan fingerprint density at radius 2 is 1.54 bits per heavy atom. The Kier molecular flexibility index (Phi) is 7.56. The first kappa shape index (κ1) is 26.3. The number of benzene rings is 3. The molecule has 0 aliphatic carbocycles. The number of hydrogen-bond acceptors (Lipinski definition) is 6. The van der Waals surface area contributed by atoms with Crippen LogP contribution in [-0.4, -0.2) is 73.5 Å². The number of fused-ring (bicyclic) bond motifs is 1. The molecular weight excluding hydrogens is 492 g/mol. The Bertz CT molecular complexity index is 1480. The lowest BCUT2D eigenvalue weighted by Gasteiger charge is -2.21. The highest BCUT2D eigenvalue weighted by Crippen LogP contribution is 2.29. The molecule has 1 atom stereocenters. The average Bonchev–Trinajstić information content (AvgIpc) is 3.59. The van der Waals surface area contributed by atoms with Gasteiger partial charge in [0.25, 0.3) is 5.91 Å². The Morgan fingerprint density at radius 1 is 0.897 bits per heavy atom. The molecule has 202 valence electrons. The van der Waals surface area contributed by atoms with E-state index < -0.39 is 0 Å². The van der Waals surface area contributed by atoms with Crippen LogP contribution < -0.4 is 14.8 Å². The van der Waals surface area contributed by atoms with E-state index in [0.29, 0.717) is 36.1 Å². The van der Waals surface area contributed by atoms with Crippen LogP contribution in [0.1, 0.15) is 27.3 Å². The van der Waals surface area contributed by atoms with Crippen molar-refractivity contribution in [2.24, 2.45) is 0 Å². The number of ether oxygens (including phenoxy) is 2. The van der Waals surface area contributed by atoms with E-state index in [4.69, 9.17) is 9.47 Å². The first-order valence-electron chi connectivity index (χ1n) is 13.0. The van der Waals surface area contributed by atoms with Crippen molar-refractivity contribution < 1.29 is 19.1 Å². The molecule has 8 nitrogen and oxygen atoms in total. The van der Waals surface area contributed by atoms with Crippen molar-refractivity contribution >= 4 is 34.0 Å². The van der Waals surface area contributed by atoms with Crippen LogP contribution in [-0.2, 0) is 6.54 Å². The standard InChI is InChI=1S/C31H34N4O4/c1-33(2)25-15-16-34(19-25)31(37)29-17-22-5-8-24(32-23-9-13-27(39-4)14-10-23)18-28(22)35(29)20-30(36)21-6-11-26(38-3)12-7-21/h5-14,17-18,25,32H,15-16,19-20H2,1-4H3. The molecule has 5 rings (SSSR count). The molecule has 8 heteroatoms. The number of likely N-dealkylation sites (N-methyl/N-ethyl adjacent to an activating group) is 1. The van der Waals surface area contributed by atoms with Crippen molar-refractivity contribution in [1.82, 2.24) is 14.4 Å². The number of ketones is 1. The molecule has 1 unspecified atom stereocenters. The van der Waals surface area contributed by atoms with Crippen LogP contribution in [0.3, 0.4) is 0 Å². The molecular formula is C31H34N4O4. The predicted molar refractivity (Wildman–Crippen MR) is 154 cm³/mol. The van der Waals surface area contributed by atoms with Gasteiger partial charge in [-0.05, 0) is 87.2 Å². The van der Waals surface area contributed by atoms with Crippen molar-refractivity contribution in [3.8, 4) is 11.5 Å². The van der Waals surface area contributed by atoms with Crippen LogP contribution in [0, 0.1) is 0 Å². The number of nitrogens with zero attached hydrogens (tertiary/aromatic N) is 3. The van der Waals surface area contributed by atoms with Crippen LogP contribution >= 0.6 is 0 Å². The number of likely N-dealkylation sites (tertiary alicyclic amines) is 1. The minimum atomic E-state index is -0.0784. The van der Waals surface area contributed by atoms with E-state index in [2.05, 4.69) is 10.2 Å². The maximum absolute atomic E-state index is 13.8. The summed E-state index contributed by atoms with van der Waals surface area (Å²) in [6.45, 7) is 1.41. The number of nitrogens with one attached hydrogen (secondary N) is 1. The summed E-state index contributed by atoms with van der Waals surface area (Å²) >= 11 is 0. The van der Waals surface area contributed by atoms with Crippen LogP contribution in [0.4, 0.5) is 11.4 Å². The summed E-state index contributed by atoms with van der Waals surface area (Å²) in [5.41, 5.74) is 3.68. The van der Waals surface area contributed by atoms with Crippen LogP contribution in [0.2, 0.25) is 0 Å². The Labute approximate surface area is 228 Å². The summed E-state index contributed by atoms with van der Waals surface area (Å²) in [5, 5.41) is 4.32. The summed E-state index contributed by atoms with van der Waals surface area (Å²) in [6, 6.07) is 22.9. The van der Waals surface area contributed by atoms with Crippen LogP contribution in [0.15, 0.2) is 72.8 Å². The highest BCUT2D eigenvalue weighted by molar-refractivity contribution is 6.02. The maximum Gasteiger partial charge on any atom is 0.270 e. The SMILES string of the molecule is COc1ccc(Nc2ccc3cc(C(=O)N4CCC(N(C)C)C4)n(CC(=O)c4ccc(OC)cc4)c3c2)cc1. The Morgan fingerprint density at radius 3 is 2.15 bits per heavy atom. The predicted octanol–water partition coefficient (Wildman–Crippen LogP) is 5.06. The number of Topliss-reactive ketones (excluding diaryl/α,β-unsaturated/α-hetero) is 1. The van der Waals surface area contributed by atoms with Gasteiger partial charge in [0.05, 0.1) is 26.3 Å². The highest BCUT2D eigenvalue weighted by atomic mass is 16.5. The van der Waals surface area contributed by atoms with Gasteiger partial charge < -0.3 is 29.2 Å². The Hall–Kier alpha value is -4.30. The van der Waals surface area contributed by atoms with Gasteiger partial charge in [0, 0.05) is 41.5 Å². The second-order valence-electron chi connectivity index (χ2n) is 10.1. The number of carbonyl (C=O) groups is 2. The number of carbonyl (C=O) groups excluding carboxylic acids is 2. The summed E-state index contributed by atoms with van der Waals surface area (Å²) < 4.78 is 12.3. The van der Waals surface area contributed by atoms with E-state index in [-0.39, 0.29) is 18.2 Å². The summed E-state index contributed by atoms with van der Waals surface area (Å²) in [6.07, 6.45) is 0.930. The van der Waals surface area contributed by atoms with Gasteiger partial charge in [-0.3, -0.25) is 9.59 Å².